The molecule has 32 heavy (non-hydrogen) atoms. The number of carbonyl (C=O) groups is 2. The van der Waals surface area contributed by atoms with Crippen LogP contribution in [0.3, 0.4) is 0 Å². The van der Waals surface area contributed by atoms with Crippen molar-refractivity contribution in [3.63, 3.8) is 0 Å². The minimum atomic E-state index is -0.301. The number of rotatable bonds is 6. The van der Waals surface area contributed by atoms with Crippen LogP contribution in [-0.4, -0.2) is 16.0 Å². The molecule has 4 rings (SSSR count). The Morgan fingerprint density at radius 3 is 2.31 bits per heavy atom. The van der Waals surface area contributed by atoms with E-state index in [0.717, 1.165) is 32.9 Å². The molecule has 162 valence electrons. The summed E-state index contributed by atoms with van der Waals surface area (Å²) in [7, 11) is 0. The van der Waals surface area contributed by atoms with Gasteiger partial charge in [0, 0.05) is 20.1 Å². The molecule has 1 aliphatic rings. The highest BCUT2D eigenvalue weighted by Crippen LogP contribution is 2.34. The lowest BCUT2D eigenvalue weighted by atomic mass is 10.2. The van der Waals surface area contributed by atoms with Gasteiger partial charge >= 0.3 is 0 Å². The topological polar surface area (TPSA) is 46.6 Å². The normalized spacial score (nSPS) is 15.0. The molecule has 0 aromatic heterocycles. The second-order valence-corrected chi connectivity index (χ2v) is 9.58. The van der Waals surface area contributed by atoms with Crippen molar-refractivity contribution in [1.82, 2.24) is 4.90 Å². The highest BCUT2D eigenvalue weighted by Gasteiger charge is 2.35. The Hall–Kier alpha value is -2.25. The minimum absolute atomic E-state index is 0.223. The lowest BCUT2D eigenvalue weighted by Crippen LogP contribution is -2.27. The van der Waals surface area contributed by atoms with Gasteiger partial charge in [-0.05, 0) is 59.3 Å². The Balaban J connectivity index is 1.43. The van der Waals surface area contributed by atoms with Crippen molar-refractivity contribution in [1.29, 1.82) is 0 Å². The summed E-state index contributed by atoms with van der Waals surface area (Å²) in [5, 5.41) is 0.813. The average Bonchev–Trinajstić information content (AvgIpc) is 3.03. The third-order valence-electron chi connectivity index (χ3n) is 4.78. The summed E-state index contributed by atoms with van der Waals surface area (Å²) in [5.74, 6) is 0.338. The fourth-order valence-electron chi connectivity index (χ4n) is 3.07. The standard InChI is InChI=1S/C24H16BrCl2NO3S/c25-19-5-2-1-4-16(19)13-28-23(29)22(32-24(28)30)12-15-8-10-17(11-9-15)31-14-18-20(26)6-3-7-21(18)27/h1-12H,13-14H2/b22-12-. The smallest absolute Gasteiger partial charge is 0.293 e. The second kappa shape index (κ2) is 10.1. The van der Waals surface area contributed by atoms with Crippen LogP contribution in [0.25, 0.3) is 6.08 Å². The van der Waals surface area contributed by atoms with Crippen LogP contribution in [0.2, 0.25) is 10.0 Å². The van der Waals surface area contributed by atoms with Crippen LogP contribution in [0.4, 0.5) is 4.79 Å². The maximum Gasteiger partial charge on any atom is 0.293 e. The fourth-order valence-corrected chi connectivity index (χ4v) is 4.83. The Morgan fingerprint density at radius 1 is 0.938 bits per heavy atom. The predicted molar refractivity (Wildman–Crippen MR) is 133 cm³/mol. The van der Waals surface area contributed by atoms with Crippen molar-refractivity contribution >= 4 is 68.1 Å². The first-order valence-corrected chi connectivity index (χ1v) is 11.9. The molecular formula is C24H16BrCl2NO3S. The van der Waals surface area contributed by atoms with Crippen LogP contribution in [0.15, 0.2) is 76.1 Å². The lowest BCUT2D eigenvalue weighted by molar-refractivity contribution is -0.123. The number of carbonyl (C=O) groups excluding carboxylic acids is 2. The number of imide groups is 1. The van der Waals surface area contributed by atoms with Crippen LogP contribution in [0.5, 0.6) is 5.75 Å². The number of nitrogens with zero attached hydrogens (tertiary/aromatic N) is 1. The van der Waals surface area contributed by atoms with Crippen LogP contribution in [-0.2, 0) is 17.9 Å². The van der Waals surface area contributed by atoms with Crippen molar-refractivity contribution in [3.05, 3.63) is 103 Å². The Labute approximate surface area is 208 Å². The van der Waals surface area contributed by atoms with Crippen molar-refractivity contribution in [2.45, 2.75) is 13.2 Å². The summed E-state index contributed by atoms with van der Waals surface area (Å²) < 4.78 is 6.64. The zero-order valence-corrected chi connectivity index (χ0v) is 20.5. The molecule has 0 atom stereocenters. The third-order valence-corrected chi connectivity index (χ3v) is 7.17. The maximum atomic E-state index is 12.8. The van der Waals surface area contributed by atoms with E-state index in [2.05, 4.69) is 15.9 Å². The summed E-state index contributed by atoms with van der Waals surface area (Å²) in [6, 6.07) is 20.1. The first kappa shape index (κ1) is 22.9. The molecule has 3 aromatic rings. The van der Waals surface area contributed by atoms with Gasteiger partial charge < -0.3 is 4.74 Å². The van der Waals surface area contributed by atoms with Crippen molar-refractivity contribution in [3.8, 4) is 5.75 Å². The molecule has 1 aliphatic heterocycles. The zero-order chi connectivity index (χ0) is 22.7. The summed E-state index contributed by atoms with van der Waals surface area (Å²) in [6.07, 6.45) is 1.71. The Kier molecular flexibility index (Phi) is 7.26. The summed E-state index contributed by atoms with van der Waals surface area (Å²) in [5.41, 5.74) is 2.38. The maximum absolute atomic E-state index is 12.8. The van der Waals surface area contributed by atoms with Gasteiger partial charge in [-0.25, -0.2) is 0 Å². The Bertz CT molecular complexity index is 1190. The third kappa shape index (κ3) is 5.21. The number of thioether (sulfide) groups is 1. The molecule has 1 fully saturated rings. The van der Waals surface area contributed by atoms with Crippen molar-refractivity contribution in [2.75, 3.05) is 0 Å². The molecule has 2 amide bonds. The van der Waals surface area contributed by atoms with Gasteiger partial charge in [-0.1, -0.05) is 75.5 Å². The van der Waals surface area contributed by atoms with E-state index in [4.69, 9.17) is 27.9 Å². The molecule has 0 saturated carbocycles. The van der Waals surface area contributed by atoms with Crippen LogP contribution < -0.4 is 4.74 Å². The molecule has 0 aliphatic carbocycles. The number of ether oxygens (including phenoxy) is 1. The molecule has 0 radical (unpaired) electrons. The molecule has 0 unspecified atom stereocenters. The quantitative estimate of drug-likeness (QED) is 0.298. The van der Waals surface area contributed by atoms with E-state index < -0.39 is 0 Å². The van der Waals surface area contributed by atoms with E-state index >= 15 is 0 Å². The zero-order valence-electron chi connectivity index (χ0n) is 16.6. The summed E-state index contributed by atoms with van der Waals surface area (Å²) in [6.45, 7) is 0.465. The minimum Gasteiger partial charge on any atom is -0.489 e. The number of hydrogen-bond acceptors (Lipinski definition) is 4. The van der Waals surface area contributed by atoms with Crippen LogP contribution in [0, 0.1) is 0 Å². The van der Waals surface area contributed by atoms with E-state index in [1.807, 2.05) is 36.4 Å². The van der Waals surface area contributed by atoms with Crippen LogP contribution >= 0.6 is 50.9 Å². The molecule has 8 heteroatoms. The highest BCUT2D eigenvalue weighted by molar-refractivity contribution is 9.10. The molecular weight excluding hydrogens is 533 g/mol. The average molecular weight is 549 g/mol. The van der Waals surface area contributed by atoms with E-state index in [-0.39, 0.29) is 24.3 Å². The second-order valence-electron chi connectivity index (χ2n) is 6.92. The SMILES string of the molecule is O=C1S/C(=C\c2ccc(OCc3c(Cl)cccc3Cl)cc2)C(=O)N1Cc1ccccc1Br. The van der Waals surface area contributed by atoms with E-state index in [9.17, 15) is 9.59 Å². The predicted octanol–water partition coefficient (Wildman–Crippen LogP) is 7.57. The first-order chi connectivity index (χ1) is 15.4. The molecule has 0 N–H and O–H groups in total. The summed E-state index contributed by atoms with van der Waals surface area (Å²) >= 11 is 16.7. The van der Waals surface area contributed by atoms with Gasteiger partial charge in [-0.15, -0.1) is 0 Å². The van der Waals surface area contributed by atoms with E-state index in [1.165, 1.54) is 4.90 Å². The molecule has 4 nitrogen and oxygen atoms in total. The Morgan fingerprint density at radius 2 is 1.62 bits per heavy atom. The van der Waals surface area contributed by atoms with Gasteiger partial charge in [0.25, 0.3) is 11.1 Å². The molecule has 3 aromatic carbocycles. The monoisotopic (exact) mass is 547 g/mol. The number of halogens is 3. The fraction of sp³-hybridized carbons (Fsp3) is 0.0833. The van der Waals surface area contributed by atoms with Gasteiger partial charge in [0.15, 0.2) is 0 Å². The summed E-state index contributed by atoms with van der Waals surface area (Å²) in [4.78, 5) is 26.8. The van der Waals surface area contributed by atoms with Crippen molar-refractivity contribution in [2.24, 2.45) is 0 Å². The van der Waals surface area contributed by atoms with Crippen LogP contribution in [0.1, 0.15) is 16.7 Å². The van der Waals surface area contributed by atoms with E-state index in [1.54, 1.807) is 36.4 Å². The highest BCUT2D eigenvalue weighted by atomic mass is 79.9. The van der Waals surface area contributed by atoms with Gasteiger partial charge in [0.1, 0.15) is 12.4 Å². The largest absolute Gasteiger partial charge is 0.489 e. The molecule has 1 saturated heterocycles. The van der Waals surface area contributed by atoms with Gasteiger partial charge in [0.05, 0.1) is 11.4 Å². The first-order valence-electron chi connectivity index (χ1n) is 9.57. The molecule has 1 heterocycles. The van der Waals surface area contributed by atoms with Gasteiger partial charge in [-0.2, -0.15) is 0 Å². The van der Waals surface area contributed by atoms with E-state index in [0.29, 0.717) is 20.7 Å². The molecule has 0 spiro atoms. The number of benzene rings is 3. The van der Waals surface area contributed by atoms with Gasteiger partial charge in [-0.3, -0.25) is 14.5 Å². The lowest BCUT2D eigenvalue weighted by Gasteiger charge is -2.13. The number of hydrogen-bond donors (Lipinski definition) is 0. The van der Waals surface area contributed by atoms with Gasteiger partial charge in [0.2, 0.25) is 0 Å². The number of amides is 2. The van der Waals surface area contributed by atoms with Crippen molar-refractivity contribution < 1.29 is 14.3 Å². The molecule has 0 bridgehead atoms.